The van der Waals surface area contributed by atoms with Crippen LogP contribution in [0.3, 0.4) is 0 Å². The number of hydrogen-bond donors (Lipinski definition) is 2. The Morgan fingerprint density at radius 3 is 2.91 bits per heavy atom. The van der Waals surface area contributed by atoms with E-state index in [4.69, 9.17) is 4.52 Å². The number of Topliss-reactive ketones (excluding diaryl/α,β-unsaturated/α-hetero) is 1. The van der Waals surface area contributed by atoms with Crippen LogP contribution in [0.4, 0.5) is 0 Å². The van der Waals surface area contributed by atoms with E-state index >= 15 is 0 Å². The molecule has 0 aliphatic rings. The maximum atomic E-state index is 12.2. The molecular weight excluding hydrogens is 282 g/mol. The van der Waals surface area contributed by atoms with Crippen molar-refractivity contribution in [1.29, 1.82) is 0 Å². The number of benzene rings is 1. The lowest BCUT2D eigenvalue weighted by molar-refractivity contribution is -0.116. The first kappa shape index (κ1) is 14.1. The molecule has 2 N–H and O–H groups in total. The molecule has 0 radical (unpaired) electrons. The maximum absolute atomic E-state index is 12.2. The summed E-state index contributed by atoms with van der Waals surface area (Å²) in [7, 11) is 0. The quantitative estimate of drug-likeness (QED) is 0.557. The van der Waals surface area contributed by atoms with Gasteiger partial charge in [-0.25, -0.2) is 0 Å². The molecule has 3 aromatic rings. The third kappa shape index (κ3) is 2.76. The molecule has 0 atom stereocenters. The molecular formula is C16H15N3O3. The number of H-pyrrole nitrogens is 1. The van der Waals surface area contributed by atoms with Gasteiger partial charge in [0.2, 0.25) is 0 Å². The molecule has 112 valence electrons. The molecule has 22 heavy (non-hydrogen) atoms. The van der Waals surface area contributed by atoms with Gasteiger partial charge in [0.25, 0.3) is 11.7 Å². The molecule has 0 aliphatic carbocycles. The van der Waals surface area contributed by atoms with Gasteiger partial charge in [-0.1, -0.05) is 23.4 Å². The summed E-state index contributed by atoms with van der Waals surface area (Å²) in [6.45, 7) is 2.15. The largest absolute Gasteiger partial charge is 0.361 e. The number of aryl methyl sites for hydroxylation is 1. The summed E-state index contributed by atoms with van der Waals surface area (Å²) in [6.07, 6.45) is 2.06. The summed E-state index contributed by atoms with van der Waals surface area (Å²) in [5, 5.41) is 7.11. The number of fused-ring (bicyclic) bond motifs is 1. The molecule has 6 nitrogen and oxygen atoms in total. The number of carbonyl (C=O) groups excluding carboxylic acids is 2. The topological polar surface area (TPSA) is 88.0 Å². The Balaban J connectivity index is 1.63. The first-order valence-corrected chi connectivity index (χ1v) is 6.96. The predicted molar refractivity (Wildman–Crippen MR) is 80.6 cm³/mol. The number of nitrogens with one attached hydrogen (secondary N) is 2. The fourth-order valence-electron chi connectivity index (χ4n) is 2.30. The monoisotopic (exact) mass is 297 g/mol. The minimum atomic E-state index is -0.624. The zero-order valence-electron chi connectivity index (χ0n) is 12.1. The van der Waals surface area contributed by atoms with Crippen molar-refractivity contribution in [2.24, 2.45) is 0 Å². The molecule has 0 aliphatic heterocycles. The molecule has 3 rings (SSSR count). The number of nitrogens with zero attached hydrogens (tertiary/aromatic N) is 1. The van der Waals surface area contributed by atoms with Crippen molar-refractivity contribution in [2.75, 3.05) is 6.54 Å². The summed E-state index contributed by atoms with van der Waals surface area (Å²) in [6, 6.07) is 9.16. The van der Waals surface area contributed by atoms with Gasteiger partial charge < -0.3 is 14.8 Å². The molecule has 0 unspecified atom stereocenters. The molecule has 1 amide bonds. The number of aromatic amines is 1. The second-order valence-electron chi connectivity index (χ2n) is 5.02. The highest BCUT2D eigenvalue weighted by atomic mass is 16.5. The van der Waals surface area contributed by atoms with Crippen molar-refractivity contribution >= 4 is 22.6 Å². The highest BCUT2D eigenvalue weighted by molar-refractivity contribution is 6.44. The summed E-state index contributed by atoms with van der Waals surface area (Å²) in [5.74, 6) is -0.496. The number of rotatable bonds is 5. The number of ketones is 1. The second-order valence-corrected chi connectivity index (χ2v) is 5.02. The van der Waals surface area contributed by atoms with E-state index in [1.54, 1.807) is 12.3 Å². The van der Waals surface area contributed by atoms with Crippen LogP contribution in [0, 0.1) is 6.92 Å². The number of carbonyl (C=O) groups is 2. The van der Waals surface area contributed by atoms with Crippen molar-refractivity contribution in [1.82, 2.24) is 15.5 Å². The molecule has 1 aromatic carbocycles. The standard InChI is InChI=1S/C16H15N3O3/c1-10-8-11(22-19-10)6-7-17-16(21)15(20)13-9-18-14-5-3-2-4-12(13)14/h2-5,8-9,18H,6-7H2,1H3,(H,17,21). The minimum Gasteiger partial charge on any atom is -0.361 e. The van der Waals surface area contributed by atoms with Gasteiger partial charge in [0.15, 0.2) is 0 Å². The molecule has 0 spiro atoms. The smallest absolute Gasteiger partial charge is 0.292 e. The lowest BCUT2D eigenvalue weighted by Crippen LogP contribution is -2.32. The Morgan fingerprint density at radius 2 is 2.14 bits per heavy atom. The van der Waals surface area contributed by atoms with E-state index in [-0.39, 0.29) is 0 Å². The summed E-state index contributed by atoms with van der Waals surface area (Å²) < 4.78 is 5.05. The third-order valence-corrected chi connectivity index (χ3v) is 3.37. The maximum Gasteiger partial charge on any atom is 0.292 e. The summed E-state index contributed by atoms with van der Waals surface area (Å²) >= 11 is 0. The van der Waals surface area contributed by atoms with Crippen LogP contribution < -0.4 is 5.32 Å². The molecule has 6 heteroatoms. The normalized spacial score (nSPS) is 10.8. The molecule has 0 saturated heterocycles. The number of aromatic nitrogens is 2. The van der Waals surface area contributed by atoms with E-state index < -0.39 is 11.7 Å². The third-order valence-electron chi connectivity index (χ3n) is 3.37. The van der Waals surface area contributed by atoms with Crippen LogP contribution in [0.2, 0.25) is 0 Å². The van der Waals surface area contributed by atoms with Gasteiger partial charge in [0, 0.05) is 36.1 Å². The van der Waals surface area contributed by atoms with E-state index in [1.807, 2.05) is 31.2 Å². The van der Waals surface area contributed by atoms with Crippen molar-refractivity contribution < 1.29 is 14.1 Å². The van der Waals surface area contributed by atoms with Crippen LogP contribution in [0.5, 0.6) is 0 Å². The Hall–Kier alpha value is -2.89. The zero-order valence-corrected chi connectivity index (χ0v) is 12.1. The van der Waals surface area contributed by atoms with Gasteiger partial charge in [0.05, 0.1) is 11.3 Å². The van der Waals surface area contributed by atoms with Crippen LogP contribution in [-0.4, -0.2) is 28.4 Å². The van der Waals surface area contributed by atoms with Gasteiger partial charge in [-0.2, -0.15) is 0 Å². The van der Waals surface area contributed by atoms with Crippen molar-refractivity contribution in [2.45, 2.75) is 13.3 Å². The van der Waals surface area contributed by atoms with Gasteiger partial charge >= 0.3 is 0 Å². The lowest BCUT2D eigenvalue weighted by atomic mass is 10.1. The number of amides is 1. The van der Waals surface area contributed by atoms with Gasteiger partial charge in [0.1, 0.15) is 5.76 Å². The Morgan fingerprint density at radius 1 is 1.32 bits per heavy atom. The van der Waals surface area contributed by atoms with E-state index in [0.717, 1.165) is 16.6 Å². The van der Waals surface area contributed by atoms with Crippen LogP contribution in [0.1, 0.15) is 21.8 Å². The number of hydrogen-bond acceptors (Lipinski definition) is 4. The fraction of sp³-hybridized carbons (Fsp3) is 0.188. The molecule has 0 fully saturated rings. The Labute approximate surface area is 126 Å². The van der Waals surface area contributed by atoms with Gasteiger partial charge in [-0.15, -0.1) is 0 Å². The first-order chi connectivity index (χ1) is 10.6. The molecule has 2 aromatic heterocycles. The van der Waals surface area contributed by atoms with Gasteiger partial charge in [-0.05, 0) is 13.0 Å². The van der Waals surface area contributed by atoms with E-state index in [0.29, 0.717) is 24.3 Å². The van der Waals surface area contributed by atoms with Crippen LogP contribution in [0.25, 0.3) is 10.9 Å². The van der Waals surface area contributed by atoms with Crippen LogP contribution >= 0.6 is 0 Å². The molecule has 2 heterocycles. The molecule has 0 saturated carbocycles. The molecule has 0 bridgehead atoms. The summed E-state index contributed by atoms with van der Waals surface area (Å²) in [5.41, 5.74) is 2.00. The average Bonchev–Trinajstić information content (AvgIpc) is 3.12. The zero-order chi connectivity index (χ0) is 15.5. The fourth-order valence-corrected chi connectivity index (χ4v) is 2.30. The summed E-state index contributed by atoms with van der Waals surface area (Å²) in [4.78, 5) is 27.1. The van der Waals surface area contributed by atoms with Crippen LogP contribution in [0.15, 0.2) is 41.1 Å². The number of para-hydroxylation sites is 1. The SMILES string of the molecule is Cc1cc(CCNC(=O)C(=O)c2c[nH]c3ccccc23)on1. The minimum absolute atomic E-state index is 0.321. The second kappa shape index (κ2) is 5.85. The van der Waals surface area contributed by atoms with E-state index in [9.17, 15) is 9.59 Å². The first-order valence-electron chi connectivity index (χ1n) is 6.96. The van der Waals surface area contributed by atoms with E-state index in [2.05, 4.69) is 15.5 Å². The average molecular weight is 297 g/mol. The highest BCUT2D eigenvalue weighted by Crippen LogP contribution is 2.18. The van der Waals surface area contributed by atoms with Crippen molar-refractivity contribution in [3.8, 4) is 0 Å². The van der Waals surface area contributed by atoms with Crippen molar-refractivity contribution in [3.05, 3.63) is 53.5 Å². The van der Waals surface area contributed by atoms with Crippen molar-refractivity contribution in [3.63, 3.8) is 0 Å². The van der Waals surface area contributed by atoms with Crippen LogP contribution in [-0.2, 0) is 11.2 Å². The Kier molecular flexibility index (Phi) is 3.74. The predicted octanol–water partition coefficient (Wildman–Crippen LogP) is 2.01. The highest BCUT2D eigenvalue weighted by Gasteiger charge is 2.19. The Bertz CT molecular complexity index is 832. The van der Waals surface area contributed by atoms with Gasteiger partial charge in [-0.3, -0.25) is 9.59 Å². The van der Waals surface area contributed by atoms with E-state index in [1.165, 1.54) is 0 Å². The lowest BCUT2D eigenvalue weighted by Gasteiger charge is -2.02.